The van der Waals surface area contributed by atoms with Gasteiger partial charge >= 0.3 is 5.97 Å². The molecule has 0 saturated heterocycles. The lowest BCUT2D eigenvalue weighted by Gasteiger charge is -2.05. The number of anilines is 1. The van der Waals surface area contributed by atoms with Crippen LogP contribution in [0.1, 0.15) is 12.0 Å². The van der Waals surface area contributed by atoms with E-state index in [4.69, 9.17) is 9.84 Å². The molecule has 0 aliphatic carbocycles. The fourth-order valence-electron chi connectivity index (χ4n) is 1.31. The molecule has 0 saturated carbocycles. The van der Waals surface area contributed by atoms with Gasteiger partial charge in [-0.3, -0.25) is 4.79 Å². The maximum atomic E-state index is 11.4. The van der Waals surface area contributed by atoms with E-state index in [0.717, 1.165) is 6.08 Å². The summed E-state index contributed by atoms with van der Waals surface area (Å²) in [6, 6.07) is 6.94. The van der Waals surface area contributed by atoms with Crippen LogP contribution < -0.4 is 5.32 Å². The summed E-state index contributed by atoms with van der Waals surface area (Å²) in [5.74, 6) is -1.15. The highest BCUT2D eigenvalue weighted by atomic mass is 16.5. The molecule has 0 aromatic heterocycles. The van der Waals surface area contributed by atoms with Crippen molar-refractivity contribution in [2.24, 2.45) is 0 Å². The van der Waals surface area contributed by atoms with E-state index < -0.39 is 5.97 Å². The average molecular weight is 249 g/mol. The van der Waals surface area contributed by atoms with Gasteiger partial charge in [0.1, 0.15) is 0 Å². The van der Waals surface area contributed by atoms with E-state index in [1.807, 2.05) is 0 Å². The number of amides is 1. The molecule has 0 heterocycles. The Bertz CT molecular complexity index is 454. The van der Waals surface area contributed by atoms with E-state index in [1.54, 1.807) is 24.3 Å². The number of hydrogen-bond donors (Lipinski definition) is 2. The number of methoxy groups -OCH3 is 1. The number of carbonyl (C=O) groups excluding carboxylic acids is 1. The Morgan fingerprint density at radius 1 is 1.44 bits per heavy atom. The number of carboxylic acid groups (broad SMARTS) is 1. The zero-order chi connectivity index (χ0) is 13.4. The van der Waals surface area contributed by atoms with Gasteiger partial charge in [-0.25, -0.2) is 4.79 Å². The Kier molecular flexibility index (Phi) is 5.60. The maximum absolute atomic E-state index is 11.4. The van der Waals surface area contributed by atoms with Gasteiger partial charge < -0.3 is 15.2 Å². The van der Waals surface area contributed by atoms with E-state index >= 15 is 0 Å². The molecule has 1 aromatic carbocycles. The molecule has 0 unspecified atom stereocenters. The fourth-order valence-corrected chi connectivity index (χ4v) is 1.31. The molecule has 0 aliphatic rings. The minimum atomic E-state index is -1.01. The van der Waals surface area contributed by atoms with Crippen LogP contribution in [0.3, 0.4) is 0 Å². The van der Waals surface area contributed by atoms with Crippen LogP contribution in [0.25, 0.3) is 6.08 Å². The van der Waals surface area contributed by atoms with Crippen LogP contribution >= 0.6 is 0 Å². The first-order valence-corrected chi connectivity index (χ1v) is 5.41. The van der Waals surface area contributed by atoms with Crippen molar-refractivity contribution in [3.63, 3.8) is 0 Å². The van der Waals surface area contributed by atoms with Gasteiger partial charge in [-0.2, -0.15) is 0 Å². The van der Waals surface area contributed by atoms with Crippen molar-refractivity contribution in [3.05, 3.63) is 35.9 Å². The predicted molar refractivity (Wildman–Crippen MR) is 68.2 cm³/mol. The molecule has 1 amide bonds. The standard InChI is InChI=1S/C13H15NO4/c1-18-8-7-12(15)14-11-4-2-3-10(9-11)5-6-13(16)17/h2-6,9H,7-8H2,1H3,(H,14,15)(H,16,17)/b6-5+. The van der Waals surface area contributed by atoms with Gasteiger partial charge in [0.2, 0.25) is 5.91 Å². The molecule has 96 valence electrons. The molecule has 2 N–H and O–H groups in total. The summed E-state index contributed by atoms with van der Waals surface area (Å²) in [5, 5.41) is 11.2. The van der Waals surface area contributed by atoms with Gasteiger partial charge in [-0.15, -0.1) is 0 Å². The molecule has 1 rings (SSSR count). The van der Waals surface area contributed by atoms with Crippen molar-refractivity contribution in [3.8, 4) is 0 Å². The van der Waals surface area contributed by atoms with Crippen LogP contribution in [0.15, 0.2) is 30.3 Å². The molecule has 0 atom stereocenters. The number of carboxylic acids is 1. The van der Waals surface area contributed by atoms with E-state index in [0.29, 0.717) is 17.9 Å². The fraction of sp³-hybridized carbons (Fsp3) is 0.231. The quantitative estimate of drug-likeness (QED) is 0.753. The van der Waals surface area contributed by atoms with Crippen molar-refractivity contribution in [2.45, 2.75) is 6.42 Å². The lowest BCUT2D eigenvalue weighted by Crippen LogP contribution is -2.13. The third kappa shape index (κ3) is 5.27. The van der Waals surface area contributed by atoms with Gasteiger partial charge in [0, 0.05) is 18.9 Å². The van der Waals surface area contributed by atoms with Gasteiger partial charge in [0.05, 0.1) is 13.0 Å². The molecule has 18 heavy (non-hydrogen) atoms. The minimum Gasteiger partial charge on any atom is -0.478 e. The lowest BCUT2D eigenvalue weighted by atomic mass is 10.2. The normalized spacial score (nSPS) is 10.5. The van der Waals surface area contributed by atoms with Crippen LogP contribution in [0.2, 0.25) is 0 Å². The molecular weight excluding hydrogens is 234 g/mol. The summed E-state index contributed by atoms with van der Waals surface area (Å²) in [5.41, 5.74) is 1.34. The predicted octanol–water partition coefficient (Wildman–Crippen LogP) is 1.76. The number of hydrogen-bond acceptors (Lipinski definition) is 3. The van der Waals surface area contributed by atoms with Crippen LogP contribution in [0.5, 0.6) is 0 Å². The number of carbonyl (C=O) groups is 2. The summed E-state index contributed by atoms with van der Waals surface area (Å²) in [6.45, 7) is 0.366. The molecule has 0 bridgehead atoms. The molecular formula is C13H15NO4. The van der Waals surface area contributed by atoms with Crippen molar-refractivity contribution >= 4 is 23.6 Å². The number of aliphatic carboxylic acids is 1. The van der Waals surface area contributed by atoms with Crippen LogP contribution in [0.4, 0.5) is 5.69 Å². The van der Waals surface area contributed by atoms with Crippen molar-refractivity contribution in [2.75, 3.05) is 19.0 Å². The van der Waals surface area contributed by atoms with Gasteiger partial charge in [0.15, 0.2) is 0 Å². The zero-order valence-corrected chi connectivity index (χ0v) is 10.1. The summed E-state index contributed by atoms with van der Waals surface area (Å²) in [4.78, 5) is 21.8. The summed E-state index contributed by atoms with van der Waals surface area (Å²) in [6.07, 6.45) is 2.80. The molecule has 0 aliphatic heterocycles. The van der Waals surface area contributed by atoms with Crippen LogP contribution in [-0.2, 0) is 14.3 Å². The van der Waals surface area contributed by atoms with Gasteiger partial charge in [-0.1, -0.05) is 12.1 Å². The molecule has 0 radical (unpaired) electrons. The van der Waals surface area contributed by atoms with Crippen molar-refractivity contribution < 1.29 is 19.4 Å². The second-order valence-corrected chi connectivity index (χ2v) is 3.59. The Morgan fingerprint density at radius 2 is 2.22 bits per heavy atom. The van der Waals surface area contributed by atoms with Gasteiger partial charge in [0.25, 0.3) is 0 Å². The zero-order valence-electron chi connectivity index (χ0n) is 10.1. The highest BCUT2D eigenvalue weighted by Crippen LogP contribution is 2.12. The Balaban J connectivity index is 2.64. The third-order valence-electron chi connectivity index (χ3n) is 2.12. The largest absolute Gasteiger partial charge is 0.478 e. The first kappa shape index (κ1) is 13.9. The second-order valence-electron chi connectivity index (χ2n) is 3.59. The van der Waals surface area contributed by atoms with E-state index in [-0.39, 0.29) is 12.3 Å². The Morgan fingerprint density at radius 3 is 2.89 bits per heavy atom. The molecule has 1 aromatic rings. The smallest absolute Gasteiger partial charge is 0.328 e. The van der Waals surface area contributed by atoms with E-state index in [1.165, 1.54) is 13.2 Å². The number of ether oxygens (including phenoxy) is 1. The van der Waals surface area contributed by atoms with E-state index in [2.05, 4.69) is 5.32 Å². The van der Waals surface area contributed by atoms with E-state index in [9.17, 15) is 9.59 Å². The number of benzene rings is 1. The highest BCUT2D eigenvalue weighted by Gasteiger charge is 2.01. The molecule has 5 heteroatoms. The lowest BCUT2D eigenvalue weighted by molar-refractivity contribution is -0.131. The van der Waals surface area contributed by atoms with Crippen LogP contribution in [0, 0.1) is 0 Å². The van der Waals surface area contributed by atoms with Gasteiger partial charge in [-0.05, 0) is 23.8 Å². The SMILES string of the molecule is COCCC(=O)Nc1cccc(/C=C/C(=O)O)c1. The number of rotatable bonds is 6. The number of nitrogens with one attached hydrogen (secondary N) is 1. The molecule has 5 nitrogen and oxygen atoms in total. The Hall–Kier alpha value is -2.14. The summed E-state index contributed by atoms with van der Waals surface area (Å²) >= 11 is 0. The topological polar surface area (TPSA) is 75.6 Å². The maximum Gasteiger partial charge on any atom is 0.328 e. The van der Waals surface area contributed by atoms with Crippen LogP contribution in [-0.4, -0.2) is 30.7 Å². The summed E-state index contributed by atoms with van der Waals surface area (Å²) < 4.78 is 4.80. The van der Waals surface area contributed by atoms with Crippen molar-refractivity contribution in [1.82, 2.24) is 0 Å². The second kappa shape index (κ2) is 7.24. The average Bonchev–Trinajstić information content (AvgIpc) is 2.34. The molecule has 0 fully saturated rings. The third-order valence-corrected chi connectivity index (χ3v) is 2.12. The summed E-state index contributed by atoms with van der Waals surface area (Å²) in [7, 11) is 1.53. The minimum absolute atomic E-state index is 0.142. The monoisotopic (exact) mass is 249 g/mol. The van der Waals surface area contributed by atoms with Crippen molar-refractivity contribution in [1.29, 1.82) is 0 Å². The Labute approximate surface area is 105 Å². The highest BCUT2D eigenvalue weighted by molar-refractivity contribution is 5.91. The first-order valence-electron chi connectivity index (χ1n) is 5.41. The molecule has 0 spiro atoms. The first-order chi connectivity index (χ1) is 8.61.